The van der Waals surface area contributed by atoms with Crippen LogP contribution in [0.5, 0.6) is 0 Å². The van der Waals surface area contributed by atoms with Crippen LogP contribution in [0.2, 0.25) is 0 Å². The Morgan fingerprint density at radius 2 is 1.95 bits per heavy atom. The Balaban J connectivity index is 2.59. The number of aromatic carboxylic acids is 1. The van der Waals surface area contributed by atoms with E-state index in [2.05, 4.69) is 37.0 Å². The highest BCUT2D eigenvalue weighted by Gasteiger charge is 2.18. The molecule has 0 saturated carbocycles. The highest BCUT2D eigenvalue weighted by atomic mass is 79.9. The maximum atomic E-state index is 11.2. The van der Waals surface area contributed by atoms with Gasteiger partial charge in [0.15, 0.2) is 5.69 Å². The van der Waals surface area contributed by atoms with E-state index in [1.807, 2.05) is 19.1 Å². The average Bonchev–Trinajstić information content (AvgIpc) is 2.72. The fourth-order valence-electron chi connectivity index (χ4n) is 1.92. The van der Waals surface area contributed by atoms with Gasteiger partial charge in [-0.15, -0.1) is 0 Å². The van der Waals surface area contributed by atoms with Gasteiger partial charge in [-0.05, 0) is 62.9 Å². The van der Waals surface area contributed by atoms with Crippen molar-refractivity contribution in [1.82, 2.24) is 9.78 Å². The number of carboxylic acid groups (broad SMARTS) is 1. The average molecular weight is 404 g/mol. The number of benzene rings is 1. The van der Waals surface area contributed by atoms with E-state index in [0.717, 1.165) is 20.2 Å². The van der Waals surface area contributed by atoms with Gasteiger partial charge >= 0.3 is 5.97 Å². The molecule has 2 N–H and O–H groups in total. The summed E-state index contributed by atoms with van der Waals surface area (Å²) in [5.74, 6) is -1.11. The molecule has 0 bridgehead atoms. The first-order chi connectivity index (χ1) is 9.43. The molecule has 0 spiro atoms. The molecule has 0 aliphatic carbocycles. The van der Waals surface area contributed by atoms with Gasteiger partial charge in [-0.3, -0.25) is 0 Å². The second-order valence-electron chi connectivity index (χ2n) is 4.30. The molecule has 1 heterocycles. The number of nitrogens with zero attached hydrogens (tertiary/aromatic N) is 2. The summed E-state index contributed by atoms with van der Waals surface area (Å²) in [5, 5.41) is 22.3. The van der Waals surface area contributed by atoms with Gasteiger partial charge in [0, 0.05) is 27.3 Å². The van der Waals surface area contributed by atoms with Crippen LogP contribution >= 0.6 is 31.9 Å². The molecular weight excluding hydrogens is 392 g/mol. The van der Waals surface area contributed by atoms with Crippen LogP contribution in [0.3, 0.4) is 0 Å². The Bertz CT molecular complexity index is 645. The second kappa shape index (κ2) is 6.07. The summed E-state index contributed by atoms with van der Waals surface area (Å²) < 4.78 is 3.11. The minimum Gasteiger partial charge on any atom is -0.476 e. The molecule has 0 atom stereocenters. The van der Waals surface area contributed by atoms with Crippen molar-refractivity contribution in [3.05, 3.63) is 44.1 Å². The summed E-state index contributed by atoms with van der Waals surface area (Å²) in [6, 6.07) is 3.85. The summed E-state index contributed by atoms with van der Waals surface area (Å²) in [6.07, 6.45) is 1.88. The van der Waals surface area contributed by atoms with Crippen molar-refractivity contribution in [2.24, 2.45) is 0 Å². The number of aliphatic hydroxyl groups is 1. The normalized spacial score (nSPS) is 10.8. The zero-order valence-electron chi connectivity index (χ0n) is 10.6. The fourth-order valence-corrected chi connectivity index (χ4v) is 3.70. The van der Waals surface area contributed by atoms with Gasteiger partial charge < -0.3 is 10.2 Å². The van der Waals surface area contributed by atoms with Gasteiger partial charge in [0.25, 0.3) is 0 Å². The third-order valence-electron chi connectivity index (χ3n) is 2.76. The van der Waals surface area contributed by atoms with E-state index in [9.17, 15) is 4.79 Å². The topological polar surface area (TPSA) is 75.4 Å². The van der Waals surface area contributed by atoms with Crippen molar-refractivity contribution in [2.45, 2.75) is 13.3 Å². The first-order valence-electron chi connectivity index (χ1n) is 5.82. The zero-order valence-corrected chi connectivity index (χ0v) is 13.8. The summed E-state index contributed by atoms with van der Waals surface area (Å²) in [4.78, 5) is 11.2. The molecular formula is C13H12Br2N2O3. The highest BCUT2D eigenvalue weighted by Crippen LogP contribution is 2.31. The van der Waals surface area contributed by atoms with Gasteiger partial charge in [-0.25, -0.2) is 9.48 Å². The predicted octanol–water partition coefficient (Wildman–Crippen LogP) is 2.94. The van der Waals surface area contributed by atoms with Crippen molar-refractivity contribution in [3.63, 3.8) is 0 Å². The van der Waals surface area contributed by atoms with Gasteiger partial charge in [-0.1, -0.05) is 0 Å². The molecule has 0 aliphatic rings. The van der Waals surface area contributed by atoms with Crippen LogP contribution in [-0.4, -0.2) is 32.6 Å². The summed E-state index contributed by atoms with van der Waals surface area (Å²) >= 11 is 6.91. The van der Waals surface area contributed by atoms with Gasteiger partial charge in [0.05, 0.1) is 5.69 Å². The molecule has 0 amide bonds. The number of hydrogen-bond acceptors (Lipinski definition) is 3. The summed E-state index contributed by atoms with van der Waals surface area (Å²) in [7, 11) is 0. The molecule has 0 aliphatic heterocycles. The number of halogens is 2. The van der Waals surface area contributed by atoms with Crippen LogP contribution in [-0.2, 0) is 6.42 Å². The van der Waals surface area contributed by atoms with Crippen LogP contribution in [0.4, 0.5) is 0 Å². The third-order valence-corrected chi connectivity index (χ3v) is 3.97. The second-order valence-corrected chi connectivity index (χ2v) is 6.01. The number of hydrogen-bond donors (Lipinski definition) is 2. The SMILES string of the molecule is Cc1cc(Br)c(-n2cc(CCO)c(C(=O)O)n2)c(Br)c1. The summed E-state index contributed by atoms with van der Waals surface area (Å²) in [5.41, 5.74) is 2.24. The van der Waals surface area contributed by atoms with Gasteiger partial charge in [-0.2, -0.15) is 5.10 Å². The molecule has 0 fully saturated rings. The van der Waals surface area contributed by atoms with Crippen LogP contribution in [0.15, 0.2) is 27.3 Å². The first kappa shape index (κ1) is 15.2. The Morgan fingerprint density at radius 3 is 2.45 bits per heavy atom. The smallest absolute Gasteiger partial charge is 0.356 e. The van der Waals surface area contributed by atoms with Crippen molar-refractivity contribution in [3.8, 4) is 5.69 Å². The van der Waals surface area contributed by atoms with E-state index < -0.39 is 5.97 Å². The Hall–Kier alpha value is -1.18. The van der Waals surface area contributed by atoms with Crippen LogP contribution in [0.25, 0.3) is 5.69 Å². The van der Waals surface area contributed by atoms with Gasteiger partial charge in [0.2, 0.25) is 0 Å². The molecule has 1 aromatic heterocycles. The van der Waals surface area contributed by atoms with Crippen molar-refractivity contribution < 1.29 is 15.0 Å². The molecule has 106 valence electrons. The van der Waals surface area contributed by atoms with Gasteiger partial charge in [0.1, 0.15) is 0 Å². The Kier molecular flexibility index (Phi) is 4.62. The molecule has 2 rings (SSSR count). The van der Waals surface area contributed by atoms with Crippen molar-refractivity contribution in [2.75, 3.05) is 6.61 Å². The minimum atomic E-state index is -1.11. The van der Waals surface area contributed by atoms with E-state index in [4.69, 9.17) is 10.2 Å². The lowest BCUT2D eigenvalue weighted by atomic mass is 10.2. The Labute approximate surface area is 132 Å². The molecule has 2 aromatic rings. The number of aromatic nitrogens is 2. The number of aryl methyl sites for hydroxylation is 1. The monoisotopic (exact) mass is 402 g/mol. The Morgan fingerprint density at radius 1 is 1.35 bits per heavy atom. The molecule has 20 heavy (non-hydrogen) atoms. The maximum absolute atomic E-state index is 11.2. The summed E-state index contributed by atoms with van der Waals surface area (Å²) in [6.45, 7) is 1.84. The zero-order chi connectivity index (χ0) is 14.9. The number of rotatable bonds is 4. The third kappa shape index (κ3) is 2.94. The van der Waals surface area contributed by atoms with Crippen LogP contribution < -0.4 is 0 Å². The molecule has 0 saturated heterocycles. The lowest BCUT2D eigenvalue weighted by molar-refractivity contribution is 0.0688. The quantitative estimate of drug-likeness (QED) is 0.822. The highest BCUT2D eigenvalue weighted by molar-refractivity contribution is 9.11. The van der Waals surface area contributed by atoms with E-state index >= 15 is 0 Å². The fraction of sp³-hybridized carbons (Fsp3) is 0.231. The molecule has 5 nitrogen and oxygen atoms in total. The first-order valence-corrected chi connectivity index (χ1v) is 7.41. The predicted molar refractivity (Wildman–Crippen MR) is 81.5 cm³/mol. The van der Waals surface area contributed by atoms with E-state index in [-0.39, 0.29) is 18.7 Å². The largest absolute Gasteiger partial charge is 0.476 e. The number of aliphatic hydroxyl groups excluding tert-OH is 1. The maximum Gasteiger partial charge on any atom is 0.356 e. The number of carboxylic acids is 1. The molecule has 0 unspecified atom stereocenters. The molecule has 1 aromatic carbocycles. The van der Waals surface area contributed by atoms with Crippen LogP contribution in [0, 0.1) is 6.92 Å². The molecule has 7 heteroatoms. The van der Waals surface area contributed by atoms with E-state index in [1.165, 1.54) is 4.68 Å². The lowest BCUT2D eigenvalue weighted by Gasteiger charge is -2.08. The lowest BCUT2D eigenvalue weighted by Crippen LogP contribution is -2.04. The van der Waals surface area contributed by atoms with Crippen molar-refractivity contribution in [1.29, 1.82) is 0 Å². The van der Waals surface area contributed by atoms with Crippen LogP contribution in [0.1, 0.15) is 21.6 Å². The standard InChI is InChI=1S/C13H12Br2N2O3/c1-7-4-9(14)12(10(15)5-7)17-6-8(2-3-18)11(16-17)13(19)20/h4-6,18H,2-3H2,1H3,(H,19,20). The number of carbonyl (C=O) groups is 1. The molecule has 0 radical (unpaired) electrons. The van der Waals surface area contributed by atoms with Crippen molar-refractivity contribution >= 4 is 37.8 Å². The van der Waals surface area contributed by atoms with E-state index in [1.54, 1.807) is 6.20 Å². The van der Waals surface area contributed by atoms with E-state index in [0.29, 0.717) is 5.56 Å². The minimum absolute atomic E-state index is 0.0431.